The number of hydrogen-bond donors (Lipinski definition) is 1. The van der Waals surface area contributed by atoms with Crippen LogP contribution in [0.1, 0.15) is 28.5 Å². The van der Waals surface area contributed by atoms with Crippen molar-refractivity contribution in [3.05, 3.63) is 35.0 Å². The summed E-state index contributed by atoms with van der Waals surface area (Å²) in [5.41, 5.74) is 4.04. The average Bonchev–Trinajstić information content (AvgIpc) is 2.46. The Morgan fingerprint density at radius 1 is 1.29 bits per heavy atom. The van der Waals surface area contributed by atoms with Gasteiger partial charge in [-0.25, -0.2) is 0 Å². The number of hydrogen-bond acceptors (Lipinski definition) is 1. The Bertz CT molecular complexity index is 508. The van der Waals surface area contributed by atoms with Crippen LogP contribution in [0.4, 0.5) is 0 Å². The Labute approximate surface area is 82.9 Å². The fraction of sp³-hybridized carbons (Fsp3) is 0.250. The minimum Gasteiger partial charge on any atom is -0.352 e. The minimum atomic E-state index is 0.0955. The number of benzene rings is 1. The molecule has 0 amide bonds. The fourth-order valence-corrected chi connectivity index (χ4v) is 1.85. The van der Waals surface area contributed by atoms with Crippen molar-refractivity contribution in [3.63, 3.8) is 0 Å². The maximum Gasteiger partial charge on any atom is 0.176 e. The summed E-state index contributed by atoms with van der Waals surface area (Å²) in [6.45, 7) is 5.62. The predicted molar refractivity (Wildman–Crippen MR) is 57.8 cm³/mol. The maximum absolute atomic E-state index is 11.3. The molecule has 2 aromatic rings. The molecule has 0 aliphatic heterocycles. The van der Waals surface area contributed by atoms with Crippen LogP contribution in [-0.4, -0.2) is 10.8 Å². The largest absolute Gasteiger partial charge is 0.352 e. The van der Waals surface area contributed by atoms with Crippen molar-refractivity contribution < 1.29 is 4.79 Å². The van der Waals surface area contributed by atoms with E-state index in [1.54, 1.807) is 6.92 Å². The predicted octanol–water partition coefficient (Wildman–Crippen LogP) is 2.99. The number of carbonyl (C=O) groups is 1. The van der Waals surface area contributed by atoms with Gasteiger partial charge in [0, 0.05) is 17.8 Å². The zero-order chi connectivity index (χ0) is 10.3. The summed E-state index contributed by atoms with van der Waals surface area (Å²) < 4.78 is 0. The summed E-state index contributed by atoms with van der Waals surface area (Å²) in [4.78, 5) is 14.5. The fourth-order valence-electron chi connectivity index (χ4n) is 1.85. The summed E-state index contributed by atoms with van der Waals surface area (Å²) in [6, 6.07) is 6.10. The molecule has 0 aliphatic rings. The Kier molecular flexibility index (Phi) is 1.92. The van der Waals surface area contributed by atoms with Crippen molar-refractivity contribution in [2.75, 3.05) is 0 Å². The quantitative estimate of drug-likeness (QED) is 0.684. The molecule has 1 heterocycles. The van der Waals surface area contributed by atoms with Crippen molar-refractivity contribution in [2.45, 2.75) is 20.8 Å². The lowest BCUT2D eigenvalue weighted by atomic mass is 10.1. The third kappa shape index (κ3) is 1.15. The van der Waals surface area contributed by atoms with Gasteiger partial charge in [0.05, 0.1) is 5.69 Å². The number of para-hydroxylation sites is 1. The topological polar surface area (TPSA) is 32.9 Å². The van der Waals surface area contributed by atoms with Gasteiger partial charge in [-0.1, -0.05) is 18.2 Å². The van der Waals surface area contributed by atoms with Crippen LogP contribution >= 0.6 is 0 Å². The summed E-state index contributed by atoms with van der Waals surface area (Å²) in [7, 11) is 0. The Balaban J connectivity index is 2.86. The van der Waals surface area contributed by atoms with E-state index in [0.717, 1.165) is 22.2 Å². The molecule has 2 nitrogen and oxygen atoms in total. The molecule has 0 saturated heterocycles. The first-order valence-corrected chi connectivity index (χ1v) is 4.70. The molecule has 0 saturated carbocycles. The SMILES string of the molecule is CC(=O)c1[nH]c2c(C)cccc2c1C. The number of aromatic nitrogens is 1. The lowest BCUT2D eigenvalue weighted by Crippen LogP contribution is -1.93. The number of Topliss-reactive ketones (excluding diaryl/α,β-unsaturated/α-hetero) is 1. The van der Waals surface area contributed by atoms with Crippen LogP contribution in [-0.2, 0) is 0 Å². The molecule has 1 aromatic heterocycles. The van der Waals surface area contributed by atoms with E-state index in [0.29, 0.717) is 0 Å². The van der Waals surface area contributed by atoms with E-state index in [1.165, 1.54) is 5.56 Å². The standard InChI is InChI=1S/C12H13NO/c1-7-5-4-6-10-8(2)12(9(3)14)13-11(7)10/h4-6,13H,1-3H3. The lowest BCUT2D eigenvalue weighted by Gasteiger charge is -1.94. The summed E-state index contributed by atoms with van der Waals surface area (Å²) in [5.74, 6) is 0.0955. The van der Waals surface area contributed by atoms with E-state index in [9.17, 15) is 4.79 Å². The first kappa shape index (κ1) is 9.00. The van der Waals surface area contributed by atoms with Gasteiger partial charge in [-0.3, -0.25) is 4.79 Å². The zero-order valence-electron chi connectivity index (χ0n) is 8.64. The zero-order valence-corrected chi connectivity index (χ0v) is 8.64. The van der Waals surface area contributed by atoms with Crippen LogP contribution in [0.5, 0.6) is 0 Å². The maximum atomic E-state index is 11.3. The number of fused-ring (bicyclic) bond motifs is 1. The average molecular weight is 187 g/mol. The molecule has 0 spiro atoms. The molecule has 0 bridgehead atoms. The second-order valence-corrected chi connectivity index (χ2v) is 3.68. The van der Waals surface area contributed by atoms with E-state index in [-0.39, 0.29) is 5.78 Å². The molecule has 1 aromatic carbocycles. The molecule has 2 rings (SSSR count). The van der Waals surface area contributed by atoms with Crippen molar-refractivity contribution in [1.82, 2.24) is 4.98 Å². The van der Waals surface area contributed by atoms with E-state index in [2.05, 4.69) is 4.98 Å². The van der Waals surface area contributed by atoms with E-state index < -0.39 is 0 Å². The molecule has 0 aliphatic carbocycles. The van der Waals surface area contributed by atoms with Gasteiger partial charge in [-0.15, -0.1) is 0 Å². The van der Waals surface area contributed by atoms with Gasteiger partial charge in [-0.2, -0.15) is 0 Å². The highest BCUT2D eigenvalue weighted by atomic mass is 16.1. The highest BCUT2D eigenvalue weighted by molar-refractivity contribution is 6.01. The first-order valence-electron chi connectivity index (χ1n) is 4.70. The summed E-state index contributed by atoms with van der Waals surface area (Å²) in [5, 5.41) is 1.15. The highest BCUT2D eigenvalue weighted by Crippen LogP contribution is 2.24. The van der Waals surface area contributed by atoms with Gasteiger partial charge < -0.3 is 4.98 Å². The number of ketones is 1. The smallest absolute Gasteiger partial charge is 0.176 e. The molecule has 72 valence electrons. The highest BCUT2D eigenvalue weighted by Gasteiger charge is 2.11. The molecular weight excluding hydrogens is 174 g/mol. The molecule has 1 N–H and O–H groups in total. The molecule has 0 atom stereocenters. The number of aryl methyl sites for hydroxylation is 2. The second-order valence-electron chi connectivity index (χ2n) is 3.68. The van der Waals surface area contributed by atoms with Crippen LogP contribution < -0.4 is 0 Å². The first-order chi connectivity index (χ1) is 6.61. The summed E-state index contributed by atoms with van der Waals surface area (Å²) in [6.07, 6.45) is 0. The number of rotatable bonds is 1. The summed E-state index contributed by atoms with van der Waals surface area (Å²) >= 11 is 0. The molecule has 0 unspecified atom stereocenters. The monoisotopic (exact) mass is 187 g/mol. The Morgan fingerprint density at radius 3 is 2.57 bits per heavy atom. The van der Waals surface area contributed by atoms with Crippen molar-refractivity contribution in [1.29, 1.82) is 0 Å². The van der Waals surface area contributed by atoms with Crippen LogP contribution in [0.25, 0.3) is 10.9 Å². The molecule has 0 radical (unpaired) electrons. The van der Waals surface area contributed by atoms with Crippen molar-refractivity contribution in [3.8, 4) is 0 Å². The number of carbonyl (C=O) groups excluding carboxylic acids is 1. The van der Waals surface area contributed by atoms with Crippen LogP contribution in [0.3, 0.4) is 0 Å². The normalized spacial score (nSPS) is 10.8. The molecule has 2 heteroatoms. The number of H-pyrrole nitrogens is 1. The number of aromatic amines is 1. The van der Waals surface area contributed by atoms with E-state index in [1.807, 2.05) is 32.0 Å². The Morgan fingerprint density at radius 2 is 2.00 bits per heavy atom. The van der Waals surface area contributed by atoms with Crippen LogP contribution in [0, 0.1) is 13.8 Å². The van der Waals surface area contributed by atoms with Crippen LogP contribution in [0.15, 0.2) is 18.2 Å². The van der Waals surface area contributed by atoms with Gasteiger partial charge in [0.2, 0.25) is 0 Å². The van der Waals surface area contributed by atoms with Gasteiger partial charge in [0.15, 0.2) is 5.78 Å². The molecular formula is C12H13NO. The number of nitrogens with one attached hydrogen (secondary N) is 1. The van der Waals surface area contributed by atoms with Gasteiger partial charge >= 0.3 is 0 Å². The third-order valence-electron chi connectivity index (χ3n) is 2.65. The van der Waals surface area contributed by atoms with E-state index >= 15 is 0 Å². The van der Waals surface area contributed by atoms with Gasteiger partial charge in [0.25, 0.3) is 0 Å². The third-order valence-corrected chi connectivity index (χ3v) is 2.65. The van der Waals surface area contributed by atoms with Gasteiger partial charge in [-0.05, 0) is 25.0 Å². The van der Waals surface area contributed by atoms with Crippen LogP contribution in [0.2, 0.25) is 0 Å². The second kappa shape index (κ2) is 2.98. The molecule has 14 heavy (non-hydrogen) atoms. The lowest BCUT2D eigenvalue weighted by molar-refractivity contribution is 0.101. The van der Waals surface area contributed by atoms with E-state index in [4.69, 9.17) is 0 Å². The molecule has 0 fully saturated rings. The van der Waals surface area contributed by atoms with Gasteiger partial charge in [0.1, 0.15) is 0 Å². The van der Waals surface area contributed by atoms with Crippen molar-refractivity contribution >= 4 is 16.7 Å². The minimum absolute atomic E-state index is 0.0955. The Hall–Kier alpha value is -1.57. The van der Waals surface area contributed by atoms with Crippen molar-refractivity contribution in [2.24, 2.45) is 0 Å².